The molecule has 2 heterocycles. The number of para-hydroxylation sites is 1. The predicted octanol–water partition coefficient (Wildman–Crippen LogP) is 4.10. The molecule has 1 amide bonds. The van der Waals surface area contributed by atoms with E-state index in [0.29, 0.717) is 35.8 Å². The molecule has 3 aromatic carbocycles. The van der Waals surface area contributed by atoms with E-state index in [4.69, 9.17) is 4.74 Å². The van der Waals surface area contributed by atoms with Gasteiger partial charge in [0.15, 0.2) is 5.75 Å². The zero-order valence-corrected chi connectivity index (χ0v) is 16.5. The van der Waals surface area contributed by atoms with Crippen LogP contribution in [-0.4, -0.2) is 20.9 Å². The highest BCUT2D eigenvalue weighted by molar-refractivity contribution is 7.92. The lowest BCUT2D eigenvalue weighted by Crippen LogP contribution is -2.29. The van der Waals surface area contributed by atoms with Crippen molar-refractivity contribution in [3.63, 3.8) is 0 Å². The summed E-state index contributed by atoms with van der Waals surface area (Å²) in [5.41, 5.74) is 3.42. The average molecular weight is 406 g/mol. The van der Waals surface area contributed by atoms with Crippen LogP contribution in [0.5, 0.6) is 11.5 Å². The highest BCUT2D eigenvalue weighted by Gasteiger charge is 2.32. The van der Waals surface area contributed by atoms with Gasteiger partial charge in [0.05, 0.1) is 21.8 Å². The first-order chi connectivity index (χ1) is 13.9. The molecule has 0 bridgehead atoms. The Morgan fingerprint density at radius 2 is 1.83 bits per heavy atom. The fourth-order valence-corrected chi connectivity index (χ4v) is 5.28. The van der Waals surface area contributed by atoms with Crippen molar-refractivity contribution in [2.45, 2.75) is 18.2 Å². The molecule has 0 saturated carbocycles. The maximum Gasteiger partial charge on any atom is 0.264 e. The normalized spacial score (nSPS) is 14.9. The number of carbonyl (C=O) groups excluding carboxylic acids is 1. The highest BCUT2D eigenvalue weighted by Crippen LogP contribution is 2.38. The first kappa shape index (κ1) is 17.8. The number of carbonyl (C=O) groups is 1. The van der Waals surface area contributed by atoms with Crippen LogP contribution in [0.4, 0.5) is 11.4 Å². The number of sulfonamides is 1. The van der Waals surface area contributed by atoms with Gasteiger partial charge in [-0.3, -0.25) is 9.10 Å². The summed E-state index contributed by atoms with van der Waals surface area (Å²) in [4.78, 5) is 12.8. The monoisotopic (exact) mass is 406 g/mol. The second-order valence-corrected chi connectivity index (χ2v) is 9.03. The molecule has 0 saturated heterocycles. The number of benzene rings is 3. The highest BCUT2D eigenvalue weighted by atomic mass is 32.2. The summed E-state index contributed by atoms with van der Waals surface area (Å²) in [6.45, 7) is 2.31. The van der Waals surface area contributed by atoms with Gasteiger partial charge in [-0.1, -0.05) is 24.3 Å². The van der Waals surface area contributed by atoms with Crippen LogP contribution in [0.2, 0.25) is 0 Å². The van der Waals surface area contributed by atoms with Crippen LogP contribution in [0, 0.1) is 6.92 Å². The molecule has 2 aliphatic heterocycles. The van der Waals surface area contributed by atoms with Gasteiger partial charge in [0.1, 0.15) is 5.75 Å². The van der Waals surface area contributed by atoms with Crippen molar-refractivity contribution in [3.8, 4) is 11.5 Å². The number of fused-ring (bicyclic) bond motifs is 3. The van der Waals surface area contributed by atoms with E-state index in [-0.39, 0.29) is 10.5 Å². The number of nitrogens with one attached hydrogen (secondary N) is 1. The van der Waals surface area contributed by atoms with E-state index in [0.717, 1.165) is 11.1 Å². The molecular weight excluding hydrogens is 388 g/mol. The van der Waals surface area contributed by atoms with Crippen molar-refractivity contribution < 1.29 is 17.9 Å². The summed E-state index contributed by atoms with van der Waals surface area (Å²) in [6.07, 6.45) is 0.665. The van der Waals surface area contributed by atoms with Gasteiger partial charge >= 0.3 is 0 Å². The zero-order chi connectivity index (χ0) is 20.2. The first-order valence-electron chi connectivity index (χ1n) is 9.28. The van der Waals surface area contributed by atoms with Crippen LogP contribution in [0.15, 0.2) is 65.6 Å². The van der Waals surface area contributed by atoms with Crippen LogP contribution < -0.4 is 14.4 Å². The summed E-state index contributed by atoms with van der Waals surface area (Å²) in [5, 5.41) is 2.80. The maximum atomic E-state index is 13.3. The number of nitrogens with zero attached hydrogens (tertiary/aromatic N) is 1. The number of aryl methyl sites for hydroxylation is 1. The molecule has 0 aromatic heterocycles. The Kier molecular flexibility index (Phi) is 3.89. The smallest absolute Gasteiger partial charge is 0.264 e. The summed E-state index contributed by atoms with van der Waals surface area (Å²) in [5.74, 6) is 0.454. The number of hydrogen-bond donors (Lipinski definition) is 1. The van der Waals surface area contributed by atoms with E-state index in [2.05, 4.69) is 5.32 Å². The number of rotatable bonds is 2. The van der Waals surface area contributed by atoms with Gasteiger partial charge in [-0.15, -0.1) is 0 Å². The second-order valence-electron chi connectivity index (χ2n) is 7.17. The van der Waals surface area contributed by atoms with Gasteiger partial charge < -0.3 is 10.1 Å². The number of amides is 1. The van der Waals surface area contributed by atoms with Crippen LogP contribution in [0.3, 0.4) is 0 Å². The van der Waals surface area contributed by atoms with Crippen molar-refractivity contribution in [1.29, 1.82) is 0 Å². The number of ether oxygens (including phenoxy) is 1. The minimum atomic E-state index is -3.80. The third-order valence-electron chi connectivity index (χ3n) is 5.23. The second kappa shape index (κ2) is 6.35. The Hall–Kier alpha value is -3.32. The molecule has 0 unspecified atom stereocenters. The first-order valence-corrected chi connectivity index (χ1v) is 10.7. The molecule has 3 aromatic rings. The van der Waals surface area contributed by atoms with Crippen LogP contribution in [0.25, 0.3) is 0 Å². The van der Waals surface area contributed by atoms with E-state index in [1.54, 1.807) is 18.2 Å². The third kappa shape index (κ3) is 2.86. The Bertz CT molecular complexity index is 1270. The van der Waals surface area contributed by atoms with Gasteiger partial charge in [0.2, 0.25) is 0 Å². The molecule has 0 fully saturated rings. The SMILES string of the molecule is Cc1ccc2c(c1)Oc1ccc(S(=O)(=O)N3CCc4ccccc43)cc1C(=O)N2. The minimum Gasteiger partial charge on any atom is -0.454 e. The molecule has 5 rings (SSSR count). The van der Waals surface area contributed by atoms with E-state index >= 15 is 0 Å². The molecule has 1 N–H and O–H groups in total. The molecule has 29 heavy (non-hydrogen) atoms. The Morgan fingerprint density at radius 1 is 1.00 bits per heavy atom. The number of hydrogen-bond acceptors (Lipinski definition) is 4. The maximum absolute atomic E-state index is 13.3. The van der Waals surface area contributed by atoms with Crippen molar-refractivity contribution in [2.24, 2.45) is 0 Å². The largest absolute Gasteiger partial charge is 0.454 e. The van der Waals surface area contributed by atoms with E-state index in [1.807, 2.05) is 37.3 Å². The Morgan fingerprint density at radius 3 is 2.69 bits per heavy atom. The van der Waals surface area contributed by atoms with E-state index in [1.165, 1.54) is 16.4 Å². The fraction of sp³-hybridized carbons (Fsp3) is 0.136. The lowest BCUT2D eigenvalue weighted by Gasteiger charge is -2.20. The molecule has 0 spiro atoms. The van der Waals surface area contributed by atoms with Crippen LogP contribution >= 0.6 is 0 Å². The summed E-state index contributed by atoms with van der Waals surface area (Å²) < 4.78 is 33.9. The minimum absolute atomic E-state index is 0.0637. The van der Waals surface area contributed by atoms with Crippen molar-refractivity contribution in [1.82, 2.24) is 0 Å². The van der Waals surface area contributed by atoms with E-state index < -0.39 is 15.9 Å². The molecule has 2 aliphatic rings. The van der Waals surface area contributed by atoms with Gasteiger partial charge in [-0.2, -0.15) is 0 Å². The molecule has 0 atom stereocenters. The van der Waals surface area contributed by atoms with E-state index in [9.17, 15) is 13.2 Å². The summed E-state index contributed by atoms with van der Waals surface area (Å²) in [6, 6.07) is 17.4. The van der Waals surface area contributed by atoms with Gasteiger partial charge in [0, 0.05) is 6.54 Å². The van der Waals surface area contributed by atoms with Crippen LogP contribution in [0.1, 0.15) is 21.5 Å². The quantitative estimate of drug-likeness (QED) is 0.695. The average Bonchev–Trinajstić information content (AvgIpc) is 3.09. The molecule has 146 valence electrons. The molecule has 7 heteroatoms. The third-order valence-corrected chi connectivity index (χ3v) is 7.04. The van der Waals surface area contributed by atoms with Gasteiger partial charge in [-0.05, 0) is 60.9 Å². The molecule has 6 nitrogen and oxygen atoms in total. The van der Waals surface area contributed by atoms with Gasteiger partial charge in [0.25, 0.3) is 15.9 Å². The van der Waals surface area contributed by atoms with Crippen molar-refractivity contribution in [3.05, 3.63) is 77.4 Å². The Balaban J connectivity index is 1.56. The predicted molar refractivity (Wildman–Crippen MR) is 110 cm³/mol. The topological polar surface area (TPSA) is 75.7 Å². The van der Waals surface area contributed by atoms with Crippen molar-refractivity contribution >= 4 is 27.3 Å². The lowest BCUT2D eigenvalue weighted by atomic mass is 10.2. The fourth-order valence-electron chi connectivity index (χ4n) is 3.75. The summed E-state index contributed by atoms with van der Waals surface area (Å²) in [7, 11) is -3.80. The molecular formula is C22H18N2O4S. The Labute approximate surface area is 168 Å². The zero-order valence-electron chi connectivity index (χ0n) is 15.7. The standard InChI is InChI=1S/C22H18N2O4S/c1-14-6-8-18-21(12-14)28-20-9-7-16(13-17(20)22(25)23-18)29(26,27)24-11-10-15-4-2-3-5-19(15)24/h2-9,12-13H,10-11H2,1H3,(H,23,25). The molecule has 0 aliphatic carbocycles. The molecule has 0 radical (unpaired) electrons. The number of anilines is 2. The lowest BCUT2D eigenvalue weighted by molar-refractivity contribution is 0.102. The summed E-state index contributed by atoms with van der Waals surface area (Å²) >= 11 is 0. The van der Waals surface area contributed by atoms with Crippen LogP contribution in [-0.2, 0) is 16.4 Å². The van der Waals surface area contributed by atoms with Gasteiger partial charge in [-0.25, -0.2) is 8.42 Å². The van der Waals surface area contributed by atoms with Crippen molar-refractivity contribution in [2.75, 3.05) is 16.2 Å².